The van der Waals surface area contributed by atoms with E-state index in [-0.39, 0.29) is 12.6 Å². The van der Waals surface area contributed by atoms with E-state index in [1.54, 1.807) is 0 Å². The second-order valence-corrected chi connectivity index (χ2v) is 3.52. The summed E-state index contributed by atoms with van der Waals surface area (Å²) < 4.78 is 0. The fourth-order valence-corrected chi connectivity index (χ4v) is 1.87. The van der Waals surface area contributed by atoms with Gasteiger partial charge in [-0.3, -0.25) is 4.90 Å². The van der Waals surface area contributed by atoms with Gasteiger partial charge in [0.15, 0.2) is 0 Å². The van der Waals surface area contributed by atoms with Gasteiger partial charge in [-0.25, -0.2) is 0 Å². The first-order valence-electron chi connectivity index (χ1n) is 4.42. The van der Waals surface area contributed by atoms with Crippen LogP contribution in [0.25, 0.3) is 0 Å². The second-order valence-electron chi connectivity index (χ2n) is 3.52. The quantitative estimate of drug-likeness (QED) is 0.627. The molecule has 0 aromatic carbocycles. The molecule has 1 fully saturated rings. The standard InChI is InChI=1S/C8H16N2O2/c1-7-4-8(6-11)10(5-7)3-2-9-12/h7-8,11H,2-6H2,1H3. The molecule has 0 radical (unpaired) electrons. The lowest BCUT2D eigenvalue weighted by atomic mass is 10.1. The van der Waals surface area contributed by atoms with Gasteiger partial charge < -0.3 is 5.11 Å². The maximum absolute atomic E-state index is 9.90. The number of hydrogen-bond donors (Lipinski definition) is 1. The summed E-state index contributed by atoms with van der Waals surface area (Å²) >= 11 is 0. The van der Waals surface area contributed by atoms with Crippen molar-refractivity contribution in [3.05, 3.63) is 4.91 Å². The minimum absolute atomic E-state index is 0.198. The zero-order valence-electron chi connectivity index (χ0n) is 7.44. The van der Waals surface area contributed by atoms with Gasteiger partial charge in [0.25, 0.3) is 0 Å². The zero-order valence-corrected chi connectivity index (χ0v) is 7.44. The Hall–Kier alpha value is -0.480. The Balaban J connectivity index is 2.35. The van der Waals surface area contributed by atoms with E-state index in [0.29, 0.717) is 19.0 Å². The lowest BCUT2D eigenvalue weighted by Gasteiger charge is -2.20. The van der Waals surface area contributed by atoms with E-state index in [0.717, 1.165) is 13.0 Å². The van der Waals surface area contributed by atoms with Crippen molar-refractivity contribution in [2.24, 2.45) is 11.1 Å². The molecule has 0 saturated carbocycles. The third-order valence-electron chi connectivity index (χ3n) is 2.43. The van der Waals surface area contributed by atoms with E-state index in [1.165, 1.54) is 0 Å². The lowest BCUT2D eigenvalue weighted by molar-refractivity contribution is 0.162. The number of nitroso groups, excluding NO2 is 1. The molecule has 1 aliphatic heterocycles. The number of aliphatic hydroxyl groups is 1. The van der Waals surface area contributed by atoms with E-state index in [1.807, 2.05) is 0 Å². The van der Waals surface area contributed by atoms with Crippen molar-refractivity contribution in [2.45, 2.75) is 19.4 Å². The maximum atomic E-state index is 9.90. The van der Waals surface area contributed by atoms with Crippen LogP contribution in [0, 0.1) is 10.8 Å². The molecular weight excluding hydrogens is 156 g/mol. The first-order valence-corrected chi connectivity index (χ1v) is 4.42. The van der Waals surface area contributed by atoms with Gasteiger partial charge in [-0.05, 0) is 12.3 Å². The van der Waals surface area contributed by atoms with Crippen molar-refractivity contribution < 1.29 is 5.11 Å². The highest BCUT2D eigenvalue weighted by molar-refractivity contribution is 4.82. The number of nitrogens with zero attached hydrogens (tertiary/aromatic N) is 2. The number of rotatable bonds is 4. The number of aliphatic hydroxyl groups excluding tert-OH is 1. The van der Waals surface area contributed by atoms with E-state index in [4.69, 9.17) is 5.11 Å². The van der Waals surface area contributed by atoms with Crippen LogP contribution in [0.1, 0.15) is 13.3 Å². The summed E-state index contributed by atoms with van der Waals surface area (Å²) in [6.45, 7) is 4.38. The molecule has 70 valence electrons. The molecule has 0 amide bonds. The number of likely N-dealkylation sites (tertiary alicyclic amines) is 1. The summed E-state index contributed by atoms with van der Waals surface area (Å²) in [5, 5.41) is 11.8. The van der Waals surface area contributed by atoms with Crippen LogP contribution < -0.4 is 0 Å². The van der Waals surface area contributed by atoms with Crippen molar-refractivity contribution in [2.75, 3.05) is 26.2 Å². The SMILES string of the molecule is CC1CC(CO)N(CCN=O)C1. The van der Waals surface area contributed by atoms with Gasteiger partial charge in [0, 0.05) is 19.1 Å². The summed E-state index contributed by atoms with van der Waals surface area (Å²) in [7, 11) is 0. The largest absolute Gasteiger partial charge is 0.395 e. The molecular formula is C8H16N2O2. The van der Waals surface area contributed by atoms with E-state index in [2.05, 4.69) is 17.0 Å². The Bertz CT molecular complexity index is 152. The fraction of sp³-hybridized carbons (Fsp3) is 1.00. The molecule has 1 rings (SSSR count). The van der Waals surface area contributed by atoms with Crippen molar-refractivity contribution in [1.82, 2.24) is 4.90 Å². The third kappa shape index (κ3) is 2.25. The summed E-state index contributed by atoms with van der Waals surface area (Å²) in [5.41, 5.74) is 0. The van der Waals surface area contributed by atoms with Crippen LogP contribution in [0.2, 0.25) is 0 Å². The molecule has 4 heteroatoms. The average molecular weight is 172 g/mol. The van der Waals surface area contributed by atoms with Crippen LogP contribution in [0.15, 0.2) is 5.18 Å². The molecule has 0 aromatic rings. The molecule has 1 saturated heterocycles. The molecule has 1 heterocycles. The van der Waals surface area contributed by atoms with E-state index in [9.17, 15) is 4.91 Å². The summed E-state index contributed by atoms with van der Waals surface area (Å²) in [6, 6.07) is 0.252. The molecule has 2 atom stereocenters. The topological polar surface area (TPSA) is 52.9 Å². The van der Waals surface area contributed by atoms with Crippen molar-refractivity contribution >= 4 is 0 Å². The van der Waals surface area contributed by atoms with Gasteiger partial charge in [-0.1, -0.05) is 12.1 Å². The van der Waals surface area contributed by atoms with Gasteiger partial charge in [0.2, 0.25) is 0 Å². The van der Waals surface area contributed by atoms with Crippen molar-refractivity contribution in [3.8, 4) is 0 Å². The van der Waals surface area contributed by atoms with Crippen LogP contribution in [-0.2, 0) is 0 Å². The Labute approximate surface area is 72.5 Å². The Morgan fingerprint density at radius 2 is 2.42 bits per heavy atom. The summed E-state index contributed by atoms with van der Waals surface area (Å²) in [6.07, 6.45) is 1.04. The fourth-order valence-electron chi connectivity index (χ4n) is 1.87. The van der Waals surface area contributed by atoms with E-state index >= 15 is 0 Å². The zero-order chi connectivity index (χ0) is 8.97. The van der Waals surface area contributed by atoms with Crippen LogP contribution in [-0.4, -0.2) is 42.3 Å². The van der Waals surface area contributed by atoms with Gasteiger partial charge in [0.1, 0.15) is 0 Å². The molecule has 0 aliphatic carbocycles. The van der Waals surface area contributed by atoms with Crippen LogP contribution in [0.5, 0.6) is 0 Å². The van der Waals surface area contributed by atoms with E-state index < -0.39 is 0 Å². The first-order chi connectivity index (χ1) is 5.77. The first kappa shape index (κ1) is 9.61. The summed E-state index contributed by atoms with van der Waals surface area (Å²) in [5.74, 6) is 0.633. The molecule has 1 N–H and O–H groups in total. The maximum Gasteiger partial charge on any atom is 0.0938 e. The molecule has 0 bridgehead atoms. The van der Waals surface area contributed by atoms with Crippen LogP contribution in [0.3, 0.4) is 0 Å². The van der Waals surface area contributed by atoms with Crippen LogP contribution in [0.4, 0.5) is 0 Å². The predicted octanol–water partition coefficient (Wildman–Crippen LogP) is 0.456. The van der Waals surface area contributed by atoms with Crippen molar-refractivity contribution in [3.63, 3.8) is 0 Å². The molecule has 12 heavy (non-hydrogen) atoms. The van der Waals surface area contributed by atoms with Gasteiger partial charge in [-0.15, -0.1) is 0 Å². The second kappa shape index (κ2) is 4.52. The molecule has 2 unspecified atom stereocenters. The smallest absolute Gasteiger partial charge is 0.0938 e. The predicted molar refractivity (Wildman–Crippen MR) is 46.9 cm³/mol. The molecule has 0 spiro atoms. The molecule has 4 nitrogen and oxygen atoms in total. The average Bonchev–Trinajstić information content (AvgIpc) is 2.42. The minimum atomic E-state index is 0.198. The Morgan fingerprint density at radius 3 is 3.00 bits per heavy atom. The number of hydrogen-bond acceptors (Lipinski definition) is 4. The van der Waals surface area contributed by atoms with Crippen molar-refractivity contribution in [1.29, 1.82) is 0 Å². The highest BCUT2D eigenvalue weighted by Gasteiger charge is 2.28. The normalized spacial score (nSPS) is 30.8. The lowest BCUT2D eigenvalue weighted by Crippen LogP contribution is -2.34. The minimum Gasteiger partial charge on any atom is -0.395 e. The monoisotopic (exact) mass is 172 g/mol. The highest BCUT2D eigenvalue weighted by atomic mass is 16.3. The Kier molecular flexibility index (Phi) is 3.62. The van der Waals surface area contributed by atoms with Gasteiger partial charge in [0.05, 0.1) is 13.2 Å². The molecule has 0 aromatic heterocycles. The van der Waals surface area contributed by atoms with Gasteiger partial charge >= 0.3 is 0 Å². The van der Waals surface area contributed by atoms with Crippen LogP contribution >= 0.6 is 0 Å². The molecule has 1 aliphatic rings. The third-order valence-corrected chi connectivity index (χ3v) is 2.43. The summed E-state index contributed by atoms with van der Waals surface area (Å²) in [4.78, 5) is 12.0. The Morgan fingerprint density at radius 1 is 1.67 bits per heavy atom. The highest BCUT2D eigenvalue weighted by Crippen LogP contribution is 2.21. The van der Waals surface area contributed by atoms with Gasteiger partial charge in [-0.2, -0.15) is 4.91 Å².